The molecule has 1 heterocycles. The van der Waals surface area contributed by atoms with Crippen molar-refractivity contribution in [3.8, 4) is 5.75 Å². The molecule has 0 saturated carbocycles. The highest BCUT2D eigenvalue weighted by Crippen LogP contribution is 2.19. The van der Waals surface area contributed by atoms with Crippen LogP contribution in [0, 0.1) is 5.92 Å². The number of fused-ring (bicyclic) bond motifs is 1. The lowest BCUT2D eigenvalue weighted by Gasteiger charge is -2.26. The quantitative estimate of drug-likeness (QED) is 0.502. The predicted molar refractivity (Wildman–Crippen MR) is 135 cm³/mol. The SMILES string of the molecule is CC(C)[C@@H]1NC(=O)C[C@@H](C(=O)NCCc2ccccc2)NC(=O)c2ccccc2OC[C@@H](C)NC1=O. The fourth-order valence-electron chi connectivity index (χ4n) is 3.87. The van der Waals surface area contributed by atoms with Crippen molar-refractivity contribution in [3.05, 3.63) is 65.7 Å². The highest BCUT2D eigenvalue weighted by Gasteiger charge is 2.30. The van der Waals surface area contributed by atoms with Crippen molar-refractivity contribution >= 4 is 23.6 Å². The summed E-state index contributed by atoms with van der Waals surface area (Å²) in [6.45, 7) is 5.88. The second-order valence-corrected chi connectivity index (χ2v) is 9.26. The Balaban J connectivity index is 1.82. The second-order valence-electron chi connectivity index (χ2n) is 9.26. The maximum Gasteiger partial charge on any atom is 0.255 e. The van der Waals surface area contributed by atoms with Crippen LogP contribution in [0.2, 0.25) is 0 Å². The number of rotatable bonds is 5. The van der Waals surface area contributed by atoms with Crippen molar-refractivity contribution in [2.75, 3.05) is 13.2 Å². The maximum absolute atomic E-state index is 13.1. The van der Waals surface area contributed by atoms with Gasteiger partial charge in [0.2, 0.25) is 17.7 Å². The van der Waals surface area contributed by atoms with Gasteiger partial charge >= 0.3 is 0 Å². The molecule has 9 nitrogen and oxygen atoms in total. The van der Waals surface area contributed by atoms with Crippen LogP contribution in [0.15, 0.2) is 54.6 Å². The van der Waals surface area contributed by atoms with Gasteiger partial charge in [-0.25, -0.2) is 0 Å². The number of carbonyl (C=O) groups is 4. The Kier molecular flexibility index (Phi) is 9.44. The summed E-state index contributed by atoms with van der Waals surface area (Å²) < 4.78 is 5.83. The molecule has 2 aromatic carbocycles. The van der Waals surface area contributed by atoms with Gasteiger partial charge in [-0.2, -0.15) is 0 Å². The number of para-hydroxylation sites is 1. The average Bonchev–Trinajstić information content (AvgIpc) is 2.85. The van der Waals surface area contributed by atoms with Crippen molar-refractivity contribution in [1.82, 2.24) is 21.3 Å². The first-order chi connectivity index (χ1) is 17.2. The number of hydrogen-bond donors (Lipinski definition) is 4. The first-order valence-electron chi connectivity index (χ1n) is 12.2. The molecule has 0 radical (unpaired) electrons. The summed E-state index contributed by atoms with van der Waals surface area (Å²) in [6, 6.07) is 14.0. The molecule has 0 aromatic heterocycles. The van der Waals surface area contributed by atoms with E-state index in [2.05, 4.69) is 21.3 Å². The summed E-state index contributed by atoms with van der Waals surface area (Å²) in [4.78, 5) is 51.9. The fraction of sp³-hybridized carbons (Fsp3) is 0.407. The standard InChI is InChI=1S/C27H34N4O5/c1-17(2)24-27(35)29-18(3)16-36-22-12-8-7-11-20(22)25(33)30-21(15-23(32)31-24)26(34)28-14-13-19-9-5-4-6-10-19/h4-12,17-18,21,24H,13-16H2,1-3H3,(H,28,34)(H,29,35)(H,30,33)(H,31,32)/t18-,21+,24+/m1/s1. The Hall–Kier alpha value is -3.88. The lowest BCUT2D eigenvalue weighted by molar-refractivity contribution is -0.132. The maximum atomic E-state index is 13.1. The van der Waals surface area contributed by atoms with E-state index in [1.54, 1.807) is 31.2 Å². The lowest BCUT2D eigenvalue weighted by atomic mass is 10.0. The summed E-state index contributed by atoms with van der Waals surface area (Å²) in [6.07, 6.45) is 0.280. The molecule has 0 aliphatic carbocycles. The van der Waals surface area contributed by atoms with Gasteiger partial charge in [-0.1, -0.05) is 56.3 Å². The molecule has 3 rings (SSSR count). The molecule has 36 heavy (non-hydrogen) atoms. The molecule has 4 N–H and O–H groups in total. The van der Waals surface area contributed by atoms with E-state index in [0.717, 1.165) is 5.56 Å². The van der Waals surface area contributed by atoms with Gasteiger partial charge in [0.05, 0.1) is 18.0 Å². The van der Waals surface area contributed by atoms with Gasteiger partial charge < -0.3 is 26.0 Å². The highest BCUT2D eigenvalue weighted by molar-refractivity contribution is 6.01. The van der Waals surface area contributed by atoms with Crippen LogP contribution in [0.3, 0.4) is 0 Å². The van der Waals surface area contributed by atoms with Crippen molar-refractivity contribution in [3.63, 3.8) is 0 Å². The number of nitrogens with one attached hydrogen (secondary N) is 4. The molecular weight excluding hydrogens is 460 g/mol. The molecule has 3 atom stereocenters. The van der Waals surface area contributed by atoms with Crippen LogP contribution in [-0.2, 0) is 20.8 Å². The Labute approximate surface area is 211 Å². The molecule has 0 spiro atoms. The third-order valence-corrected chi connectivity index (χ3v) is 5.84. The van der Waals surface area contributed by atoms with E-state index in [-0.39, 0.29) is 36.5 Å². The third kappa shape index (κ3) is 7.56. The van der Waals surface area contributed by atoms with E-state index in [4.69, 9.17) is 4.74 Å². The van der Waals surface area contributed by atoms with Gasteiger partial charge in [-0.15, -0.1) is 0 Å². The van der Waals surface area contributed by atoms with Gasteiger partial charge in [-0.3, -0.25) is 19.2 Å². The Morgan fingerprint density at radius 2 is 1.69 bits per heavy atom. The van der Waals surface area contributed by atoms with E-state index >= 15 is 0 Å². The number of ether oxygens (including phenoxy) is 1. The van der Waals surface area contributed by atoms with Gasteiger partial charge in [0.15, 0.2) is 0 Å². The molecule has 0 unspecified atom stereocenters. The molecule has 192 valence electrons. The van der Waals surface area contributed by atoms with E-state index in [1.807, 2.05) is 44.2 Å². The molecular formula is C27H34N4O5. The number of amides is 4. The van der Waals surface area contributed by atoms with Crippen LogP contribution < -0.4 is 26.0 Å². The molecule has 4 amide bonds. The zero-order valence-corrected chi connectivity index (χ0v) is 20.9. The Morgan fingerprint density at radius 1 is 1.00 bits per heavy atom. The molecule has 1 aliphatic heterocycles. The van der Waals surface area contributed by atoms with Gasteiger partial charge in [0.1, 0.15) is 24.4 Å². The first kappa shape index (κ1) is 26.7. The lowest BCUT2D eigenvalue weighted by Crippen LogP contribution is -2.55. The number of carbonyl (C=O) groups excluding carboxylic acids is 4. The second kappa shape index (κ2) is 12.7. The normalized spacial score (nSPS) is 21.2. The largest absolute Gasteiger partial charge is 0.491 e. The van der Waals surface area contributed by atoms with Crippen molar-refractivity contribution < 1.29 is 23.9 Å². The number of benzene rings is 2. The van der Waals surface area contributed by atoms with E-state index in [9.17, 15) is 19.2 Å². The topological polar surface area (TPSA) is 126 Å². The monoisotopic (exact) mass is 494 g/mol. The van der Waals surface area contributed by atoms with Crippen LogP contribution in [0.4, 0.5) is 0 Å². The van der Waals surface area contributed by atoms with Crippen LogP contribution >= 0.6 is 0 Å². The summed E-state index contributed by atoms with van der Waals surface area (Å²) in [5, 5.41) is 11.0. The molecule has 9 heteroatoms. The van der Waals surface area contributed by atoms with Gasteiger partial charge in [0, 0.05) is 6.54 Å². The predicted octanol–water partition coefficient (Wildman–Crippen LogP) is 1.57. The fourth-order valence-corrected chi connectivity index (χ4v) is 3.87. The minimum Gasteiger partial charge on any atom is -0.491 e. The highest BCUT2D eigenvalue weighted by atomic mass is 16.5. The summed E-state index contributed by atoms with van der Waals surface area (Å²) in [7, 11) is 0. The Morgan fingerprint density at radius 3 is 2.42 bits per heavy atom. The van der Waals surface area contributed by atoms with Crippen LogP contribution in [0.5, 0.6) is 5.75 Å². The zero-order chi connectivity index (χ0) is 26.1. The molecule has 0 fully saturated rings. The zero-order valence-electron chi connectivity index (χ0n) is 20.9. The van der Waals surface area contributed by atoms with Gasteiger partial charge in [-0.05, 0) is 37.0 Å². The van der Waals surface area contributed by atoms with Crippen molar-refractivity contribution in [2.45, 2.75) is 51.7 Å². The number of hydrogen-bond acceptors (Lipinski definition) is 5. The van der Waals surface area contributed by atoms with Crippen molar-refractivity contribution in [2.24, 2.45) is 5.92 Å². The summed E-state index contributed by atoms with van der Waals surface area (Å²) in [5.41, 5.74) is 1.28. The van der Waals surface area contributed by atoms with E-state index < -0.39 is 29.8 Å². The average molecular weight is 495 g/mol. The van der Waals surface area contributed by atoms with Gasteiger partial charge in [0.25, 0.3) is 5.91 Å². The van der Waals surface area contributed by atoms with E-state index in [0.29, 0.717) is 18.7 Å². The third-order valence-electron chi connectivity index (χ3n) is 5.84. The molecule has 1 aliphatic rings. The Bertz CT molecular complexity index is 1070. The molecule has 0 bridgehead atoms. The summed E-state index contributed by atoms with van der Waals surface area (Å²) in [5.74, 6) is -1.74. The van der Waals surface area contributed by atoms with Crippen LogP contribution in [-0.4, -0.2) is 54.9 Å². The minimum absolute atomic E-state index is 0.123. The molecule has 2 aromatic rings. The van der Waals surface area contributed by atoms with E-state index in [1.165, 1.54) is 0 Å². The smallest absolute Gasteiger partial charge is 0.255 e. The summed E-state index contributed by atoms with van der Waals surface area (Å²) >= 11 is 0. The minimum atomic E-state index is -1.14. The first-order valence-corrected chi connectivity index (χ1v) is 12.2. The van der Waals surface area contributed by atoms with Crippen molar-refractivity contribution in [1.29, 1.82) is 0 Å². The van der Waals surface area contributed by atoms with Crippen LogP contribution in [0.1, 0.15) is 43.1 Å². The molecule has 0 saturated heterocycles. The van der Waals surface area contributed by atoms with Crippen LogP contribution in [0.25, 0.3) is 0 Å².